The lowest BCUT2D eigenvalue weighted by Crippen LogP contribution is -2.40. The van der Waals surface area contributed by atoms with Gasteiger partial charge in [-0.2, -0.15) is 0 Å². The van der Waals surface area contributed by atoms with Crippen molar-refractivity contribution >= 4 is 22.6 Å². The Balaban J connectivity index is 2.13. The standard InChI is InChI=1S/C19H23FN2O3/c1-3-25-19(24)16-10-21-17-7-6-14(20)9-15(17)18(16)22-8-4-5-13(11-22)12(2)23/h6-7,9-10,12-13,23H,3-5,8,11H2,1-2H3. The van der Waals surface area contributed by atoms with Gasteiger partial charge in [0, 0.05) is 30.6 Å². The van der Waals surface area contributed by atoms with Crippen molar-refractivity contribution in [2.24, 2.45) is 5.92 Å². The number of aromatic nitrogens is 1. The minimum atomic E-state index is -0.463. The van der Waals surface area contributed by atoms with Gasteiger partial charge in [-0.05, 0) is 44.9 Å². The lowest BCUT2D eigenvalue weighted by Gasteiger charge is -2.37. The number of carbonyl (C=O) groups is 1. The molecule has 3 rings (SSSR count). The van der Waals surface area contributed by atoms with E-state index < -0.39 is 12.1 Å². The maximum atomic E-state index is 13.9. The van der Waals surface area contributed by atoms with Crippen LogP contribution in [0.2, 0.25) is 0 Å². The summed E-state index contributed by atoms with van der Waals surface area (Å²) in [6.45, 7) is 5.14. The van der Waals surface area contributed by atoms with E-state index in [0.717, 1.165) is 19.4 Å². The minimum Gasteiger partial charge on any atom is -0.462 e. The van der Waals surface area contributed by atoms with Crippen LogP contribution in [-0.4, -0.2) is 41.9 Å². The van der Waals surface area contributed by atoms with Crippen LogP contribution in [0.1, 0.15) is 37.0 Å². The first-order valence-electron chi connectivity index (χ1n) is 8.69. The van der Waals surface area contributed by atoms with Crippen LogP contribution >= 0.6 is 0 Å². The summed E-state index contributed by atoms with van der Waals surface area (Å²) in [6, 6.07) is 4.38. The summed E-state index contributed by atoms with van der Waals surface area (Å²) in [6.07, 6.45) is 2.90. The summed E-state index contributed by atoms with van der Waals surface area (Å²) >= 11 is 0. The number of halogens is 1. The average molecular weight is 346 g/mol. The van der Waals surface area contributed by atoms with Gasteiger partial charge in [-0.1, -0.05) is 0 Å². The Hall–Kier alpha value is -2.21. The number of piperidine rings is 1. The summed E-state index contributed by atoms with van der Waals surface area (Å²) in [7, 11) is 0. The number of hydrogen-bond donors (Lipinski definition) is 1. The molecule has 0 saturated carbocycles. The molecule has 1 saturated heterocycles. The number of ether oxygens (including phenoxy) is 1. The van der Waals surface area contributed by atoms with Crippen LogP contribution in [0.15, 0.2) is 24.4 Å². The fourth-order valence-corrected chi connectivity index (χ4v) is 3.46. The third-order valence-electron chi connectivity index (χ3n) is 4.75. The second-order valence-corrected chi connectivity index (χ2v) is 6.49. The summed E-state index contributed by atoms with van der Waals surface area (Å²) in [5, 5.41) is 10.6. The van der Waals surface area contributed by atoms with Crippen molar-refractivity contribution in [1.82, 2.24) is 4.98 Å². The van der Waals surface area contributed by atoms with Crippen LogP contribution in [0, 0.1) is 11.7 Å². The van der Waals surface area contributed by atoms with Crippen molar-refractivity contribution in [3.63, 3.8) is 0 Å². The van der Waals surface area contributed by atoms with Crippen molar-refractivity contribution in [1.29, 1.82) is 0 Å². The van der Waals surface area contributed by atoms with Gasteiger partial charge in [-0.15, -0.1) is 0 Å². The van der Waals surface area contributed by atoms with Crippen molar-refractivity contribution in [2.45, 2.75) is 32.8 Å². The Kier molecular flexibility index (Phi) is 5.18. The highest BCUT2D eigenvalue weighted by Crippen LogP contribution is 2.34. The summed E-state index contributed by atoms with van der Waals surface area (Å²) in [5.74, 6) is -0.725. The molecule has 1 aromatic heterocycles. The molecule has 134 valence electrons. The fourth-order valence-electron chi connectivity index (χ4n) is 3.46. The van der Waals surface area contributed by atoms with E-state index in [-0.39, 0.29) is 18.3 Å². The highest BCUT2D eigenvalue weighted by Gasteiger charge is 2.28. The van der Waals surface area contributed by atoms with Crippen molar-refractivity contribution in [3.05, 3.63) is 35.8 Å². The number of aliphatic hydroxyl groups is 1. The Morgan fingerprint density at radius 3 is 3.04 bits per heavy atom. The molecule has 5 nitrogen and oxygen atoms in total. The zero-order chi connectivity index (χ0) is 18.0. The molecular weight excluding hydrogens is 323 g/mol. The molecule has 2 unspecified atom stereocenters. The van der Waals surface area contributed by atoms with Gasteiger partial charge in [0.25, 0.3) is 0 Å². The summed E-state index contributed by atoms with van der Waals surface area (Å²) in [4.78, 5) is 18.8. The van der Waals surface area contributed by atoms with Gasteiger partial charge in [0.1, 0.15) is 11.4 Å². The van der Waals surface area contributed by atoms with Crippen LogP contribution in [-0.2, 0) is 4.74 Å². The Morgan fingerprint density at radius 1 is 1.52 bits per heavy atom. The Bertz CT molecular complexity index is 779. The topological polar surface area (TPSA) is 62.7 Å². The van der Waals surface area contributed by atoms with Crippen molar-refractivity contribution < 1.29 is 19.0 Å². The highest BCUT2D eigenvalue weighted by atomic mass is 19.1. The molecular formula is C19H23FN2O3. The third kappa shape index (κ3) is 3.58. The van der Waals surface area contributed by atoms with Crippen LogP contribution < -0.4 is 4.90 Å². The fraction of sp³-hybridized carbons (Fsp3) is 0.474. The van der Waals surface area contributed by atoms with Gasteiger partial charge in [0.15, 0.2) is 0 Å². The molecule has 1 aliphatic heterocycles. The number of nitrogens with zero attached hydrogens (tertiary/aromatic N) is 2. The minimum absolute atomic E-state index is 0.112. The van der Waals surface area contributed by atoms with E-state index in [2.05, 4.69) is 9.88 Å². The number of fused-ring (bicyclic) bond motifs is 1. The maximum Gasteiger partial charge on any atom is 0.341 e. The lowest BCUT2D eigenvalue weighted by molar-refractivity contribution is 0.0526. The quantitative estimate of drug-likeness (QED) is 0.862. The molecule has 0 amide bonds. The Morgan fingerprint density at radius 2 is 2.32 bits per heavy atom. The number of esters is 1. The molecule has 2 aromatic rings. The smallest absolute Gasteiger partial charge is 0.341 e. The average Bonchev–Trinajstić information content (AvgIpc) is 2.60. The molecule has 1 aliphatic rings. The number of aliphatic hydroxyl groups excluding tert-OH is 1. The van der Waals surface area contributed by atoms with E-state index in [1.807, 2.05) is 0 Å². The molecule has 0 bridgehead atoms. The SMILES string of the molecule is CCOC(=O)c1cnc2ccc(F)cc2c1N1CCCC(C(C)O)C1. The summed E-state index contributed by atoms with van der Waals surface area (Å²) < 4.78 is 19.0. The monoisotopic (exact) mass is 346 g/mol. The number of rotatable bonds is 4. The molecule has 0 spiro atoms. The number of hydrogen-bond acceptors (Lipinski definition) is 5. The van der Waals surface area contributed by atoms with E-state index >= 15 is 0 Å². The van der Waals surface area contributed by atoms with Gasteiger partial charge in [-0.3, -0.25) is 4.98 Å². The largest absolute Gasteiger partial charge is 0.462 e. The molecule has 1 aromatic carbocycles. The first-order valence-corrected chi connectivity index (χ1v) is 8.69. The number of benzene rings is 1. The molecule has 1 fully saturated rings. The van der Waals surface area contributed by atoms with Gasteiger partial charge >= 0.3 is 5.97 Å². The van der Waals surface area contributed by atoms with Crippen molar-refractivity contribution in [2.75, 3.05) is 24.6 Å². The molecule has 0 aliphatic carbocycles. The number of pyridine rings is 1. The van der Waals surface area contributed by atoms with Gasteiger partial charge in [0.2, 0.25) is 0 Å². The molecule has 1 N–H and O–H groups in total. The van der Waals surface area contributed by atoms with Crippen LogP contribution in [0.3, 0.4) is 0 Å². The van der Waals surface area contributed by atoms with E-state index in [1.54, 1.807) is 19.9 Å². The van der Waals surface area contributed by atoms with Gasteiger partial charge in [-0.25, -0.2) is 9.18 Å². The van der Waals surface area contributed by atoms with E-state index in [4.69, 9.17) is 4.74 Å². The highest BCUT2D eigenvalue weighted by molar-refractivity contribution is 6.05. The van der Waals surface area contributed by atoms with E-state index in [1.165, 1.54) is 18.3 Å². The first kappa shape index (κ1) is 17.6. The molecule has 0 radical (unpaired) electrons. The second kappa shape index (κ2) is 7.35. The lowest BCUT2D eigenvalue weighted by atomic mass is 9.92. The van der Waals surface area contributed by atoms with Gasteiger partial charge in [0.05, 0.1) is 23.9 Å². The number of anilines is 1. The number of carbonyl (C=O) groups excluding carboxylic acids is 1. The van der Waals surface area contributed by atoms with Crippen molar-refractivity contribution in [3.8, 4) is 0 Å². The molecule has 6 heteroatoms. The predicted molar refractivity (Wildman–Crippen MR) is 94.3 cm³/mol. The zero-order valence-electron chi connectivity index (χ0n) is 14.5. The summed E-state index contributed by atoms with van der Waals surface area (Å²) in [5.41, 5.74) is 1.61. The van der Waals surface area contributed by atoms with Gasteiger partial charge < -0.3 is 14.7 Å². The van der Waals surface area contributed by atoms with Crippen LogP contribution in [0.5, 0.6) is 0 Å². The van der Waals surface area contributed by atoms with Crippen LogP contribution in [0.25, 0.3) is 10.9 Å². The molecule has 2 atom stereocenters. The zero-order valence-corrected chi connectivity index (χ0v) is 14.5. The molecule has 2 heterocycles. The Labute approximate surface area is 146 Å². The first-order chi connectivity index (χ1) is 12.0. The normalized spacial score (nSPS) is 19.0. The molecule has 25 heavy (non-hydrogen) atoms. The predicted octanol–water partition coefficient (Wildman–Crippen LogP) is 3.15. The van der Waals surface area contributed by atoms with E-state index in [0.29, 0.717) is 28.7 Å². The maximum absolute atomic E-state index is 13.9. The van der Waals surface area contributed by atoms with E-state index in [9.17, 15) is 14.3 Å². The van der Waals surface area contributed by atoms with Crippen LogP contribution in [0.4, 0.5) is 10.1 Å². The third-order valence-corrected chi connectivity index (χ3v) is 4.75. The second-order valence-electron chi connectivity index (χ2n) is 6.49.